The van der Waals surface area contributed by atoms with Gasteiger partial charge in [-0.05, 0) is 43.4 Å². The second-order valence-electron chi connectivity index (χ2n) is 4.60. The number of aryl methyl sites for hydroxylation is 2. The second kappa shape index (κ2) is 14.3. The molecule has 26 heavy (non-hydrogen) atoms. The molecule has 0 aliphatic heterocycles. The van der Waals surface area contributed by atoms with Crippen LogP contribution in [-0.2, 0) is 12.6 Å². The first kappa shape index (κ1) is 27.4. The molecule has 0 saturated carbocycles. The van der Waals surface area contributed by atoms with Crippen LogP contribution in [0.3, 0.4) is 0 Å². The number of halogens is 1. The van der Waals surface area contributed by atoms with Gasteiger partial charge in [0.15, 0.2) is 0 Å². The molecule has 0 amide bonds. The summed E-state index contributed by atoms with van der Waals surface area (Å²) in [6, 6.07) is 9.25. The Morgan fingerprint density at radius 2 is 1.35 bits per heavy atom. The summed E-state index contributed by atoms with van der Waals surface area (Å²) in [5.41, 5.74) is 1.91. The van der Waals surface area contributed by atoms with E-state index in [1.807, 2.05) is 13.2 Å². The fraction of sp³-hybridized carbons (Fsp3) is 0.250. The van der Waals surface area contributed by atoms with Crippen molar-refractivity contribution >= 4 is 47.4 Å². The van der Waals surface area contributed by atoms with E-state index in [1.54, 1.807) is 37.1 Å². The molecular formula is C16H18ClN2NaO4S2. The van der Waals surface area contributed by atoms with Crippen LogP contribution in [0.1, 0.15) is 11.1 Å². The third kappa shape index (κ3) is 9.25. The van der Waals surface area contributed by atoms with Gasteiger partial charge in [-0.1, -0.05) is 11.6 Å². The maximum Gasteiger partial charge on any atom is 1.00 e. The first-order chi connectivity index (χ1) is 11.8. The van der Waals surface area contributed by atoms with Gasteiger partial charge in [0.05, 0.1) is 9.85 Å². The second-order valence-corrected chi connectivity index (χ2v) is 5.86. The van der Waals surface area contributed by atoms with Crippen LogP contribution in [0.2, 0.25) is 5.02 Å². The van der Waals surface area contributed by atoms with Crippen molar-refractivity contribution in [3.05, 3.63) is 72.8 Å². The van der Waals surface area contributed by atoms with Gasteiger partial charge in [0.2, 0.25) is 0 Å². The van der Waals surface area contributed by atoms with E-state index < -0.39 is 4.92 Å². The fourth-order valence-corrected chi connectivity index (χ4v) is 2.42. The van der Waals surface area contributed by atoms with Crippen molar-refractivity contribution in [1.82, 2.24) is 0 Å². The molecule has 0 aromatic heterocycles. The predicted molar refractivity (Wildman–Crippen MR) is 106 cm³/mol. The minimum absolute atomic E-state index is 0. The summed E-state index contributed by atoms with van der Waals surface area (Å²) in [5.74, 6) is 0. The van der Waals surface area contributed by atoms with Crippen LogP contribution in [0.15, 0.2) is 41.3 Å². The van der Waals surface area contributed by atoms with Crippen molar-refractivity contribution in [2.45, 2.75) is 18.7 Å². The Morgan fingerprint density at radius 3 is 1.69 bits per heavy atom. The summed E-state index contributed by atoms with van der Waals surface area (Å²) in [4.78, 5) is 20.8. The van der Waals surface area contributed by atoms with Gasteiger partial charge in [0.1, 0.15) is 0 Å². The summed E-state index contributed by atoms with van der Waals surface area (Å²) < 4.78 is 0. The molecule has 0 saturated heterocycles. The number of hydrogen-bond donors (Lipinski definition) is 0. The van der Waals surface area contributed by atoms with E-state index in [4.69, 9.17) is 11.6 Å². The van der Waals surface area contributed by atoms with Crippen LogP contribution in [0.4, 0.5) is 11.4 Å². The molecule has 0 bridgehead atoms. The molecule has 0 fully saturated rings. The van der Waals surface area contributed by atoms with Crippen LogP contribution in [0.5, 0.6) is 0 Å². The number of non-ortho nitro benzene ring substituents is 2. The molecule has 10 heteroatoms. The average molecular weight is 425 g/mol. The van der Waals surface area contributed by atoms with E-state index >= 15 is 0 Å². The van der Waals surface area contributed by atoms with E-state index in [0.717, 1.165) is 16.0 Å². The molecule has 2 aromatic carbocycles. The largest absolute Gasteiger partial charge is 1.00 e. The van der Waals surface area contributed by atoms with Gasteiger partial charge in [-0.3, -0.25) is 20.2 Å². The van der Waals surface area contributed by atoms with Crippen LogP contribution in [0, 0.1) is 34.1 Å². The van der Waals surface area contributed by atoms with Gasteiger partial charge in [-0.25, -0.2) is 0 Å². The topological polar surface area (TPSA) is 86.3 Å². The summed E-state index contributed by atoms with van der Waals surface area (Å²) in [6.45, 7) is 3.61. The first-order valence-corrected chi connectivity index (χ1v) is 9.28. The Balaban J connectivity index is 0. The van der Waals surface area contributed by atoms with Crippen molar-refractivity contribution in [3.8, 4) is 0 Å². The molecule has 0 aliphatic rings. The van der Waals surface area contributed by atoms with Crippen LogP contribution >= 0.6 is 23.4 Å². The third-order valence-corrected chi connectivity index (χ3v) is 4.26. The van der Waals surface area contributed by atoms with Crippen molar-refractivity contribution in [2.75, 3.05) is 12.5 Å². The van der Waals surface area contributed by atoms with Gasteiger partial charge in [-0.2, -0.15) is 6.26 Å². The molecule has 136 valence electrons. The molecule has 2 rings (SSSR count). The van der Waals surface area contributed by atoms with Crippen LogP contribution in [-0.4, -0.2) is 22.4 Å². The predicted octanol–water partition coefficient (Wildman–Crippen LogP) is 2.35. The van der Waals surface area contributed by atoms with Gasteiger partial charge in [0, 0.05) is 34.2 Å². The zero-order chi connectivity index (χ0) is 19.6. The Morgan fingerprint density at radius 1 is 0.923 bits per heavy atom. The normalized spacial score (nSPS) is 8.85. The number of nitrogens with zero attached hydrogens (tertiary/aromatic N) is 2. The number of rotatable bonds is 3. The molecule has 0 radical (unpaired) electrons. The van der Waals surface area contributed by atoms with Crippen LogP contribution in [0.25, 0.3) is 0 Å². The molecule has 0 heterocycles. The van der Waals surface area contributed by atoms with Crippen molar-refractivity contribution in [2.24, 2.45) is 0 Å². The molecular weight excluding hydrogens is 407 g/mol. The Hall–Kier alpha value is -0.770. The third-order valence-electron chi connectivity index (χ3n) is 2.94. The summed E-state index contributed by atoms with van der Waals surface area (Å²) >= 11 is 11.3. The first-order valence-electron chi connectivity index (χ1n) is 6.86. The molecule has 0 unspecified atom stereocenters. The van der Waals surface area contributed by atoms with Crippen LogP contribution < -0.4 is 29.6 Å². The minimum Gasteiger partial charge on any atom is -0.796 e. The standard InChI is InChI=1S/C8H9NO2S.C7H6ClNO2.CH4S.Na/c1-6-5-7(9(10)11)3-4-8(6)12-2;1-5-4-6(9(10)11)2-3-7(5)8;1-2;/h3-5H,1-2H3;2-4H,1H3;2H,1H3;/q;;;+1/p-1. The van der Waals surface area contributed by atoms with E-state index in [9.17, 15) is 20.2 Å². The number of hydrogen-bond acceptors (Lipinski definition) is 6. The van der Waals surface area contributed by atoms with Gasteiger partial charge < -0.3 is 12.6 Å². The van der Waals surface area contributed by atoms with Crippen molar-refractivity contribution in [3.63, 3.8) is 0 Å². The number of thioether (sulfide) groups is 1. The summed E-state index contributed by atoms with van der Waals surface area (Å²) in [7, 11) is 0. The van der Waals surface area contributed by atoms with Crippen molar-refractivity contribution < 1.29 is 39.4 Å². The Bertz CT molecular complexity index is 748. The van der Waals surface area contributed by atoms with E-state index in [0.29, 0.717) is 5.02 Å². The van der Waals surface area contributed by atoms with Crippen molar-refractivity contribution in [1.29, 1.82) is 0 Å². The molecule has 0 atom stereocenters. The zero-order valence-electron chi connectivity index (χ0n) is 15.2. The number of nitro benzene ring substituents is 2. The number of benzene rings is 2. The van der Waals surface area contributed by atoms with E-state index in [-0.39, 0.29) is 45.9 Å². The Kier molecular flexibility index (Phi) is 15.1. The minimum atomic E-state index is -0.441. The average Bonchev–Trinajstić information content (AvgIpc) is 2.59. The molecule has 0 aliphatic carbocycles. The quantitative estimate of drug-likeness (QED) is 0.247. The summed E-state index contributed by atoms with van der Waals surface area (Å²) in [6.07, 6.45) is 3.54. The molecule has 0 spiro atoms. The number of nitro groups is 2. The zero-order valence-corrected chi connectivity index (χ0v) is 19.6. The van der Waals surface area contributed by atoms with Gasteiger partial charge in [-0.15, -0.1) is 11.8 Å². The maximum atomic E-state index is 10.4. The molecule has 0 N–H and O–H groups in total. The van der Waals surface area contributed by atoms with E-state index in [2.05, 4.69) is 12.6 Å². The molecule has 6 nitrogen and oxygen atoms in total. The maximum absolute atomic E-state index is 10.4. The summed E-state index contributed by atoms with van der Waals surface area (Å²) in [5, 5.41) is 21.1. The SMILES string of the molecule is CSc1ccc([N+](=O)[O-])cc1C.C[S-].Cc1cc([N+](=O)[O-])ccc1Cl.[Na+]. The Labute approximate surface area is 189 Å². The molecule has 2 aromatic rings. The monoisotopic (exact) mass is 424 g/mol. The van der Waals surface area contributed by atoms with Gasteiger partial charge in [0.25, 0.3) is 11.4 Å². The van der Waals surface area contributed by atoms with E-state index in [1.165, 1.54) is 24.3 Å². The smallest absolute Gasteiger partial charge is 0.796 e. The van der Waals surface area contributed by atoms with Gasteiger partial charge >= 0.3 is 29.6 Å². The fourth-order valence-electron chi connectivity index (χ4n) is 1.72.